The Morgan fingerprint density at radius 2 is 1.77 bits per heavy atom. The number of amides is 2. The van der Waals surface area contributed by atoms with Crippen LogP contribution in [0, 0.1) is 50.8 Å². The van der Waals surface area contributed by atoms with Gasteiger partial charge in [-0.15, -0.1) is 0 Å². The van der Waals surface area contributed by atoms with Gasteiger partial charge in [-0.05, 0) is 91.8 Å². The summed E-state index contributed by atoms with van der Waals surface area (Å²) in [6.07, 6.45) is 2.94. The molecule has 0 bridgehead atoms. The van der Waals surface area contributed by atoms with E-state index in [1.807, 2.05) is 20.8 Å². The molecule has 1 aromatic heterocycles. The topological polar surface area (TPSA) is 93.5 Å². The van der Waals surface area contributed by atoms with Crippen LogP contribution in [0.4, 0.5) is 4.39 Å². The van der Waals surface area contributed by atoms with E-state index in [9.17, 15) is 14.4 Å². The number of ether oxygens (including phenoxy) is 1. The molecule has 5 rings (SSSR count). The van der Waals surface area contributed by atoms with Gasteiger partial charge in [0.05, 0.1) is 25.4 Å². The zero-order valence-electron chi connectivity index (χ0n) is 26.2. The van der Waals surface area contributed by atoms with E-state index in [-0.39, 0.29) is 47.4 Å². The summed E-state index contributed by atoms with van der Waals surface area (Å²) < 4.78 is 22.9. The molecule has 9 heteroatoms. The number of halogens is 1. The van der Waals surface area contributed by atoms with E-state index in [4.69, 9.17) is 4.74 Å². The lowest BCUT2D eigenvalue weighted by Crippen LogP contribution is -2.51. The highest BCUT2D eigenvalue weighted by molar-refractivity contribution is 5.97. The molecule has 3 unspecified atom stereocenters. The Balaban J connectivity index is 1.53. The molecule has 1 aliphatic carbocycles. The molecule has 2 aromatic carbocycles. The molecule has 1 saturated carbocycles. The van der Waals surface area contributed by atoms with Gasteiger partial charge < -0.3 is 19.5 Å². The molecule has 4 atom stereocenters. The smallest absolute Gasteiger partial charge is 0.308 e. The number of nitrogens with one attached hydrogen (secondary N) is 1. The van der Waals surface area contributed by atoms with E-state index in [0.717, 1.165) is 27.8 Å². The van der Waals surface area contributed by atoms with Crippen molar-refractivity contribution in [1.29, 1.82) is 0 Å². The van der Waals surface area contributed by atoms with Crippen LogP contribution in [-0.2, 0) is 21.4 Å². The van der Waals surface area contributed by atoms with Crippen molar-refractivity contribution in [2.45, 2.75) is 67.0 Å². The maximum atomic E-state index is 15.9. The third-order valence-corrected chi connectivity index (χ3v) is 9.28. The van der Waals surface area contributed by atoms with Crippen molar-refractivity contribution in [2.24, 2.45) is 24.3 Å². The van der Waals surface area contributed by atoms with Crippen molar-refractivity contribution in [1.82, 2.24) is 19.8 Å². The number of aromatic nitrogens is 2. The van der Waals surface area contributed by atoms with Crippen LogP contribution in [0.2, 0.25) is 0 Å². The number of hydrogen-bond acceptors (Lipinski definition) is 5. The number of piperidine rings is 1. The maximum absolute atomic E-state index is 15.9. The molecule has 1 saturated heterocycles. The predicted octanol–water partition coefficient (Wildman–Crippen LogP) is 5.37. The summed E-state index contributed by atoms with van der Waals surface area (Å²) in [4.78, 5) is 46.2. The largest absolute Gasteiger partial charge is 0.466 e. The number of imidazole rings is 1. The Kier molecular flexibility index (Phi) is 7.96. The highest BCUT2D eigenvalue weighted by atomic mass is 19.1. The standard InChI is InChI=1S/C34H41FN4O4/c1-9-43-27(40)14-25(23-13-22(12-21(5)30(23)35)28-19(3)10-18(2)11-20(28)4)37-32(41)31-29-24(34(29,6)7)15-39(31)33(42)26-16-38(8)17-36-26/h10-13,16-17,24-25,29,31H,9,14-15H2,1-8H3,(H,37,41)/t24?,25-,29?,31?/m0/s1. The molecule has 228 valence electrons. The maximum Gasteiger partial charge on any atom is 0.308 e. The molecule has 1 N–H and O–H groups in total. The SMILES string of the molecule is CCOC(=O)C[C@H](NC(=O)C1C2C(CN1C(=O)c1cn(C)cn1)C2(C)C)c1cc(-c2c(C)cc(C)cc2C)cc(C)c1F. The first-order chi connectivity index (χ1) is 20.2. The molecule has 43 heavy (non-hydrogen) atoms. The minimum absolute atomic E-state index is 0.0563. The number of carbonyl (C=O) groups excluding carboxylic acids is 3. The van der Waals surface area contributed by atoms with E-state index in [0.29, 0.717) is 12.1 Å². The fourth-order valence-corrected chi connectivity index (χ4v) is 7.18. The molecule has 1 aliphatic heterocycles. The molecular weight excluding hydrogens is 547 g/mol. The first-order valence-electron chi connectivity index (χ1n) is 14.9. The minimum Gasteiger partial charge on any atom is -0.466 e. The number of fused-ring (bicyclic) bond motifs is 1. The van der Waals surface area contributed by atoms with Gasteiger partial charge in [-0.3, -0.25) is 14.4 Å². The fraction of sp³-hybridized carbons (Fsp3) is 0.471. The van der Waals surface area contributed by atoms with Crippen molar-refractivity contribution >= 4 is 17.8 Å². The number of carbonyl (C=O) groups is 3. The quantitative estimate of drug-likeness (QED) is 0.358. The lowest BCUT2D eigenvalue weighted by Gasteiger charge is -2.31. The molecule has 0 radical (unpaired) electrons. The lowest BCUT2D eigenvalue weighted by molar-refractivity contribution is -0.144. The van der Waals surface area contributed by atoms with Gasteiger partial charge in [0.25, 0.3) is 5.91 Å². The van der Waals surface area contributed by atoms with Crippen molar-refractivity contribution in [3.8, 4) is 11.1 Å². The minimum atomic E-state index is -0.996. The molecule has 8 nitrogen and oxygen atoms in total. The first-order valence-corrected chi connectivity index (χ1v) is 14.9. The summed E-state index contributed by atoms with van der Waals surface area (Å²) in [7, 11) is 1.78. The Labute approximate surface area is 252 Å². The van der Waals surface area contributed by atoms with Crippen LogP contribution in [0.5, 0.6) is 0 Å². The van der Waals surface area contributed by atoms with Crippen LogP contribution in [0.1, 0.15) is 71.5 Å². The number of rotatable bonds is 8. The van der Waals surface area contributed by atoms with Gasteiger partial charge in [0.2, 0.25) is 5.91 Å². The van der Waals surface area contributed by atoms with Gasteiger partial charge in [0.1, 0.15) is 17.6 Å². The van der Waals surface area contributed by atoms with Gasteiger partial charge in [-0.1, -0.05) is 31.5 Å². The summed E-state index contributed by atoms with van der Waals surface area (Å²) in [5, 5.41) is 2.99. The normalized spacial score (nSPS) is 20.9. The van der Waals surface area contributed by atoms with Crippen molar-refractivity contribution < 1.29 is 23.5 Å². The Morgan fingerprint density at radius 1 is 1.09 bits per heavy atom. The van der Waals surface area contributed by atoms with Crippen LogP contribution in [0.15, 0.2) is 36.8 Å². The summed E-state index contributed by atoms with van der Waals surface area (Å²) in [5.41, 5.74) is 5.80. The van der Waals surface area contributed by atoms with Crippen LogP contribution in [-0.4, -0.2) is 51.4 Å². The monoisotopic (exact) mass is 588 g/mol. The molecule has 2 amide bonds. The van der Waals surface area contributed by atoms with Crippen LogP contribution >= 0.6 is 0 Å². The van der Waals surface area contributed by atoms with Crippen molar-refractivity contribution in [3.63, 3.8) is 0 Å². The van der Waals surface area contributed by atoms with Gasteiger partial charge in [-0.25, -0.2) is 9.37 Å². The average molecular weight is 589 g/mol. The second-order valence-electron chi connectivity index (χ2n) is 12.8. The molecule has 2 aliphatic rings. The molecule has 0 spiro atoms. The predicted molar refractivity (Wildman–Crippen MR) is 162 cm³/mol. The van der Waals surface area contributed by atoms with Gasteiger partial charge >= 0.3 is 5.97 Å². The van der Waals surface area contributed by atoms with E-state index >= 15 is 4.39 Å². The Morgan fingerprint density at radius 3 is 2.37 bits per heavy atom. The fourth-order valence-electron chi connectivity index (χ4n) is 7.18. The Bertz CT molecular complexity index is 1590. The number of aryl methyl sites for hydroxylation is 5. The van der Waals surface area contributed by atoms with Crippen LogP contribution in [0.25, 0.3) is 11.1 Å². The summed E-state index contributed by atoms with van der Waals surface area (Å²) in [6.45, 7) is 14.3. The summed E-state index contributed by atoms with van der Waals surface area (Å²) in [6, 6.07) is 5.93. The lowest BCUT2D eigenvalue weighted by atomic mass is 9.89. The van der Waals surface area contributed by atoms with Crippen molar-refractivity contribution in [2.75, 3.05) is 13.2 Å². The number of likely N-dealkylation sites (tertiary alicyclic amines) is 1. The molecular formula is C34H41FN4O4. The van der Waals surface area contributed by atoms with E-state index < -0.39 is 29.8 Å². The van der Waals surface area contributed by atoms with Crippen LogP contribution < -0.4 is 5.32 Å². The van der Waals surface area contributed by atoms with E-state index in [1.165, 1.54) is 0 Å². The zero-order chi connectivity index (χ0) is 31.4. The molecule has 2 fully saturated rings. The molecule has 2 heterocycles. The number of esters is 1. The summed E-state index contributed by atoms with van der Waals surface area (Å²) >= 11 is 0. The highest BCUT2D eigenvalue weighted by Crippen LogP contribution is 2.65. The van der Waals surface area contributed by atoms with E-state index in [2.05, 4.69) is 36.3 Å². The number of hydrogen-bond donors (Lipinski definition) is 1. The number of nitrogens with zero attached hydrogens (tertiary/aromatic N) is 3. The van der Waals surface area contributed by atoms with Gasteiger partial charge in [-0.2, -0.15) is 0 Å². The molecule has 3 aromatic rings. The van der Waals surface area contributed by atoms with Crippen LogP contribution in [0.3, 0.4) is 0 Å². The third-order valence-electron chi connectivity index (χ3n) is 9.28. The highest BCUT2D eigenvalue weighted by Gasteiger charge is 2.69. The van der Waals surface area contributed by atoms with Gasteiger partial charge in [0.15, 0.2) is 0 Å². The Hall–Kier alpha value is -4.01. The first kappa shape index (κ1) is 30.4. The van der Waals surface area contributed by atoms with Crippen molar-refractivity contribution in [3.05, 3.63) is 76.1 Å². The summed E-state index contributed by atoms with van der Waals surface area (Å²) in [5.74, 6) is -1.66. The number of benzene rings is 2. The second kappa shape index (κ2) is 11.2. The second-order valence-corrected chi connectivity index (χ2v) is 12.8. The van der Waals surface area contributed by atoms with Gasteiger partial charge in [0, 0.05) is 25.4 Å². The average Bonchev–Trinajstić information content (AvgIpc) is 3.28. The third kappa shape index (κ3) is 5.57. The zero-order valence-corrected chi connectivity index (χ0v) is 26.2. The van der Waals surface area contributed by atoms with E-state index in [1.54, 1.807) is 55.0 Å².